The van der Waals surface area contributed by atoms with Gasteiger partial charge in [-0.05, 0) is 55.4 Å². The molecule has 0 unspecified atom stereocenters. The van der Waals surface area contributed by atoms with Gasteiger partial charge >= 0.3 is 0 Å². The van der Waals surface area contributed by atoms with E-state index in [1.807, 2.05) is 63.4 Å². The Bertz CT molecular complexity index is 1340. The van der Waals surface area contributed by atoms with Crippen LogP contribution in [0, 0.1) is 5.92 Å². The number of fused-ring (bicyclic) bond motifs is 1. The van der Waals surface area contributed by atoms with E-state index in [-0.39, 0.29) is 42.9 Å². The maximum atomic E-state index is 13.7. The Morgan fingerprint density at radius 1 is 1.10 bits per heavy atom. The zero-order valence-corrected chi connectivity index (χ0v) is 24.5. The summed E-state index contributed by atoms with van der Waals surface area (Å²) in [6.45, 7) is 5.35. The summed E-state index contributed by atoms with van der Waals surface area (Å²) >= 11 is 12.3. The van der Waals surface area contributed by atoms with Gasteiger partial charge in [-0.15, -0.1) is 0 Å². The number of aliphatic hydroxyl groups excluding tert-OH is 1. The number of nitrogens with zero attached hydrogens (tertiary/aromatic N) is 2. The number of anilines is 1. The molecule has 7 nitrogen and oxygen atoms in total. The van der Waals surface area contributed by atoms with Crippen LogP contribution in [0.1, 0.15) is 35.3 Å². The van der Waals surface area contributed by atoms with Gasteiger partial charge in [0.15, 0.2) is 0 Å². The number of aliphatic hydroxyl groups is 1. The Hall–Kier alpha value is -3.10. The number of ether oxygens (including phenoxy) is 1. The summed E-state index contributed by atoms with van der Waals surface area (Å²) in [6.07, 6.45) is -0.0209. The minimum Gasteiger partial charge on any atom is -0.488 e. The molecule has 4 rings (SSSR count). The molecule has 3 aromatic rings. The van der Waals surface area contributed by atoms with E-state index in [2.05, 4.69) is 10.2 Å². The van der Waals surface area contributed by atoms with Crippen molar-refractivity contribution < 1.29 is 19.4 Å². The number of benzene rings is 3. The number of nitrogens with one attached hydrogen (secondary N) is 1. The van der Waals surface area contributed by atoms with E-state index in [0.29, 0.717) is 46.7 Å². The predicted molar refractivity (Wildman–Crippen MR) is 159 cm³/mol. The number of carbonyl (C=O) groups is 2. The number of hydrogen-bond acceptors (Lipinski definition) is 5. The van der Waals surface area contributed by atoms with Crippen LogP contribution in [0.15, 0.2) is 66.7 Å². The molecule has 0 saturated heterocycles. The first kappa shape index (κ1) is 29.9. The van der Waals surface area contributed by atoms with Crippen LogP contribution in [0.3, 0.4) is 0 Å². The van der Waals surface area contributed by atoms with Gasteiger partial charge in [0.1, 0.15) is 11.9 Å². The molecule has 9 heteroatoms. The third-order valence-corrected chi connectivity index (χ3v) is 7.82. The van der Waals surface area contributed by atoms with Crippen molar-refractivity contribution in [2.45, 2.75) is 39.0 Å². The summed E-state index contributed by atoms with van der Waals surface area (Å²) in [5.74, 6) is -0.000155. The van der Waals surface area contributed by atoms with Gasteiger partial charge in [0, 0.05) is 31.2 Å². The predicted octanol–water partition coefficient (Wildman–Crippen LogP) is 5.53. The zero-order chi connectivity index (χ0) is 28.8. The van der Waals surface area contributed by atoms with E-state index in [4.69, 9.17) is 27.9 Å². The lowest BCUT2D eigenvalue weighted by molar-refractivity contribution is -0.115. The molecule has 1 heterocycles. The van der Waals surface area contributed by atoms with Gasteiger partial charge in [0.25, 0.3) is 5.91 Å². The second kappa shape index (κ2) is 13.5. The highest BCUT2D eigenvalue weighted by Gasteiger charge is 2.33. The lowest BCUT2D eigenvalue weighted by Crippen LogP contribution is -2.49. The van der Waals surface area contributed by atoms with Crippen LogP contribution in [0.5, 0.6) is 5.75 Å². The fourth-order valence-corrected chi connectivity index (χ4v) is 5.15. The number of amides is 2. The molecule has 0 saturated carbocycles. The molecule has 3 atom stereocenters. The van der Waals surface area contributed by atoms with Crippen molar-refractivity contribution >= 4 is 40.7 Å². The smallest absolute Gasteiger partial charge is 0.258 e. The Morgan fingerprint density at radius 3 is 2.55 bits per heavy atom. The lowest BCUT2D eigenvalue weighted by atomic mass is 9.99. The minimum atomic E-state index is -0.383. The fourth-order valence-electron chi connectivity index (χ4n) is 4.83. The Labute approximate surface area is 245 Å². The molecule has 0 spiro atoms. The number of rotatable bonds is 9. The van der Waals surface area contributed by atoms with E-state index in [0.717, 1.165) is 11.1 Å². The van der Waals surface area contributed by atoms with Gasteiger partial charge in [-0.25, -0.2) is 0 Å². The number of halogens is 2. The van der Waals surface area contributed by atoms with E-state index >= 15 is 0 Å². The van der Waals surface area contributed by atoms with Gasteiger partial charge in [-0.1, -0.05) is 66.5 Å². The molecular formula is C31H35Cl2N3O4. The maximum absolute atomic E-state index is 13.7. The molecule has 2 amide bonds. The summed E-state index contributed by atoms with van der Waals surface area (Å²) in [5.41, 5.74) is 2.78. The largest absolute Gasteiger partial charge is 0.488 e. The van der Waals surface area contributed by atoms with Crippen molar-refractivity contribution in [3.05, 3.63) is 93.5 Å². The molecule has 40 heavy (non-hydrogen) atoms. The molecule has 0 radical (unpaired) electrons. The average Bonchev–Trinajstić information content (AvgIpc) is 2.93. The van der Waals surface area contributed by atoms with Crippen molar-refractivity contribution in [1.29, 1.82) is 0 Å². The summed E-state index contributed by atoms with van der Waals surface area (Å²) in [4.78, 5) is 30.2. The quantitative estimate of drug-likeness (QED) is 0.346. The Morgan fingerprint density at radius 2 is 1.85 bits per heavy atom. The van der Waals surface area contributed by atoms with Crippen LogP contribution in [0.25, 0.3) is 0 Å². The molecule has 1 aliphatic rings. The van der Waals surface area contributed by atoms with Crippen molar-refractivity contribution in [3.8, 4) is 5.75 Å². The van der Waals surface area contributed by atoms with Gasteiger partial charge in [0.2, 0.25) is 5.91 Å². The summed E-state index contributed by atoms with van der Waals surface area (Å²) in [7, 11) is 2.00. The van der Waals surface area contributed by atoms with Crippen LogP contribution in [0.4, 0.5) is 5.69 Å². The minimum absolute atomic E-state index is 0.0207. The first-order valence-electron chi connectivity index (χ1n) is 13.3. The SMILES string of the molecule is C[C@H]1CN([C@@H](C)CO)C(=O)c2cc(NC(=O)Cc3ccccc3)ccc2O[C@H]1CN(C)Cc1ccc(Cl)c(Cl)c1. The van der Waals surface area contributed by atoms with Crippen LogP contribution in [0.2, 0.25) is 10.0 Å². The van der Waals surface area contributed by atoms with Gasteiger partial charge in [-0.3, -0.25) is 14.5 Å². The van der Waals surface area contributed by atoms with Gasteiger partial charge in [-0.2, -0.15) is 0 Å². The van der Waals surface area contributed by atoms with Crippen molar-refractivity contribution in [1.82, 2.24) is 9.80 Å². The molecule has 1 aliphatic heterocycles. The van der Waals surface area contributed by atoms with Crippen LogP contribution >= 0.6 is 23.2 Å². The molecular weight excluding hydrogens is 549 g/mol. The Balaban J connectivity index is 1.56. The highest BCUT2D eigenvalue weighted by molar-refractivity contribution is 6.42. The summed E-state index contributed by atoms with van der Waals surface area (Å²) in [6, 6.07) is 19.8. The van der Waals surface area contributed by atoms with Crippen LogP contribution in [-0.4, -0.2) is 65.6 Å². The van der Waals surface area contributed by atoms with Gasteiger partial charge < -0.3 is 20.1 Å². The molecule has 0 aliphatic carbocycles. The lowest BCUT2D eigenvalue weighted by Gasteiger charge is -2.38. The maximum Gasteiger partial charge on any atom is 0.258 e. The number of carbonyl (C=O) groups excluding carboxylic acids is 2. The monoisotopic (exact) mass is 583 g/mol. The normalized spacial score (nSPS) is 18.0. The van der Waals surface area contributed by atoms with Crippen molar-refractivity contribution in [3.63, 3.8) is 0 Å². The summed E-state index contributed by atoms with van der Waals surface area (Å²) in [5, 5.41) is 13.8. The zero-order valence-electron chi connectivity index (χ0n) is 22.9. The van der Waals surface area contributed by atoms with Crippen molar-refractivity contribution in [2.75, 3.05) is 32.1 Å². The molecule has 0 aromatic heterocycles. The topological polar surface area (TPSA) is 82.1 Å². The molecule has 3 aromatic carbocycles. The van der Waals surface area contributed by atoms with E-state index in [9.17, 15) is 14.7 Å². The number of likely N-dealkylation sites (N-methyl/N-ethyl adjacent to an activating group) is 1. The van der Waals surface area contributed by atoms with Gasteiger partial charge in [0.05, 0.1) is 34.7 Å². The third kappa shape index (κ3) is 7.55. The van der Waals surface area contributed by atoms with Crippen molar-refractivity contribution in [2.24, 2.45) is 5.92 Å². The summed E-state index contributed by atoms with van der Waals surface area (Å²) < 4.78 is 6.48. The van der Waals surface area contributed by atoms with E-state index < -0.39 is 0 Å². The second-order valence-electron chi connectivity index (χ2n) is 10.5. The number of hydrogen-bond donors (Lipinski definition) is 2. The molecule has 212 valence electrons. The third-order valence-electron chi connectivity index (χ3n) is 7.08. The standard InChI is InChI=1S/C31H35Cl2N3O4/c1-20-16-36(21(2)19-37)31(39)25-15-24(34-30(38)14-22-7-5-4-6-8-22)10-12-28(25)40-29(20)18-35(3)17-23-9-11-26(32)27(33)13-23/h4-13,15,20-21,29,37H,14,16-19H2,1-3H3,(H,34,38)/t20-,21-,29-/m0/s1. The van der Waals surface area contributed by atoms with E-state index in [1.54, 1.807) is 29.2 Å². The van der Waals surface area contributed by atoms with Crippen LogP contribution in [-0.2, 0) is 17.8 Å². The van der Waals surface area contributed by atoms with Crippen LogP contribution < -0.4 is 10.1 Å². The highest BCUT2D eigenvalue weighted by atomic mass is 35.5. The highest BCUT2D eigenvalue weighted by Crippen LogP contribution is 2.31. The first-order valence-corrected chi connectivity index (χ1v) is 14.1. The molecule has 2 N–H and O–H groups in total. The molecule has 0 fully saturated rings. The molecule has 0 bridgehead atoms. The second-order valence-corrected chi connectivity index (χ2v) is 11.3. The Kier molecular flexibility index (Phi) is 10.1. The first-order chi connectivity index (χ1) is 19.1. The average molecular weight is 585 g/mol. The van der Waals surface area contributed by atoms with E-state index in [1.165, 1.54) is 0 Å². The fraction of sp³-hybridized carbons (Fsp3) is 0.355.